The Balaban J connectivity index is 2.58. The molecule has 0 aliphatic heterocycles. The van der Waals surface area contributed by atoms with Crippen LogP contribution in [0.25, 0.3) is 0 Å². The Labute approximate surface area is 101 Å². The number of hydrogen-bond donors (Lipinski definition) is 2. The quantitative estimate of drug-likeness (QED) is 0.863. The number of halogens is 4. The van der Waals surface area contributed by atoms with Crippen LogP contribution in [0, 0.1) is 0 Å². The van der Waals surface area contributed by atoms with E-state index >= 15 is 0 Å². The molecule has 0 amide bonds. The second-order valence-electron chi connectivity index (χ2n) is 4.33. The van der Waals surface area contributed by atoms with Gasteiger partial charge in [0.15, 0.2) is 0 Å². The lowest BCUT2D eigenvalue weighted by molar-refractivity contribution is -0.138. The monoisotopic (exact) mass is 265 g/mol. The van der Waals surface area contributed by atoms with E-state index in [1.807, 2.05) is 0 Å². The molecule has 0 atom stereocenters. The first-order valence-corrected chi connectivity index (χ1v) is 5.48. The van der Waals surface area contributed by atoms with Crippen LogP contribution in [0.3, 0.4) is 0 Å². The van der Waals surface area contributed by atoms with Gasteiger partial charge in [-0.05, 0) is 25.0 Å². The van der Waals surface area contributed by atoms with Crippen LogP contribution < -0.4 is 5.73 Å². The van der Waals surface area contributed by atoms with Gasteiger partial charge in [0.25, 0.3) is 0 Å². The molecule has 0 radical (unpaired) electrons. The highest BCUT2D eigenvalue weighted by Crippen LogP contribution is 2.53. The van der Waals surface area contributed by atoms with E-state index in [0.717, 1.165) is 6.07 Å². The number of hydrogen-bond acceptors (Lipinski definition) is 2. The van der Waals surface area contributed by atoms with E-state index in [1.165, 1.54) is 6.07 Å². The first-order valence-electron chi connectivity index (χ1n) is 5.10. The molecule has 1 aromatic rings. The third-order valence-corrected chi connectivity index (χ3v) is 3.41. The van der Waals surface area contributed by atoms with Crippen LogP contribution in [0.2, 0.25) is 5.02 Å². The van der Waals surface area contributed by atoms with E-state index in [9.17, 15) is 18.3 Å². The van der Waals surface area contributed by atoms with Gasteiger partial charge in [-0.25, -0.2) is 0 Å². The second-order valence-corrected chi connectivity index (χ2v) is 4.77. The van der Waals surface area contributed by atoms with Crippen molar-refractivity contribution in [2.75, 3.05) is 6.54 Å². The minimum atomic E-state index is -4.62. The van der Waals surface area contributed by atoms with Crippen LogP contribution >= 0.6 is 11.6 Å². The Morgan fingerprint density at radius 1 is 1.35 bits per heavy atom. The first-order chi connectivity index (χ1) is 7.80. The number of rotatable bonds is 2. The van der Waals surface area contributed by atoms with Crippen LogP contribution in [-0.2, 0) is 11.6 Å². The molecule has 1 saturated carbocycles. The second kappa shape index (κ2) is 3.78. The lowest BCUT2D eigenvalue weighted by Gasteiger charge is -2.19. The molecular weight excluding hydrogens is 255 g/mol. The van der Waals surface area contributed by atoms with Gasteiger partial charge in [-0.3, -0.25) is 0 Å². The maximum atomic E-state index is 12.7. The van der Waals surface area contributed by atoms with Crippen molar-refractivity contribution in [1.29, 1.82) is 0 Å². The molecule has 1 aliphatic carbocycles. The Bertz CT molecular complexity index is 455. The normalized spacial score (nSPS) is 18.2. The maximum absolute atomic E-state index is 12.7. The molecule has 94 valence electrons. The van der Waals surface area contributed by atoms with Gasteiger partial charge in [-0.2, -0.15) is 13.2 Å². The zero-order valence-electron chi connectivity index (χ0n) is 8.81. The molecule has 3 N–H and O–H groups in total. The Morgan fingerprint density at radius 3 is 2.35 bits per heavy atom. The van der Waals surface area contributed by atoms with Crippen molar-refractivity contribution in [3.05, 3.63) is 28.3 Å². The van der Waals surface area contributed by atoms with Gasteiger partial charge < -0.3 is 10.8 Å². The molecule has 0 saturated heterocycles. The fraction of sp³-hybridized carbons (Fsp3) is 0.455. The predicted octanol–water partition coefficient (Wildman–Crippen LogP) is 3.05. The number of phenolic OH excluding ortho intramolecular Hbond substituents is 1. The highest BCUT2D eigenvalue weighted by molar-refractivity contribution is 6.30. The van der Waals surface area contributed by atoms with Gasteiger partial charge in [0.2, 0.25) is 0 Å². The summed E-state index contributed by atoms with van der Waals surface area (Å²) in [6.07, 6.45) is -3.27. The smallest absolute Gasteiger partial charge is 0.420 e. The lowest BCUT2D eigenvalue weighted by atomic mass is 9.93. The van der Waals surface area contributed by atoms with Crippen LogP contribution in [0.15, 0.2) is 12.1 Å². The maximum Gasteiger partial charge on any atom is 0.420 e. The molecule has 1 fully saturated rings. The van der Waals surface area contributed by atoms with Crippen molar-refractivity contribution >= 4 is 11.6 Å². The van der Waals surface area contributed by atoms with Gasteiger partial charge in [-0.15, -0.1) is 0 Å². The zero-order valence-corrected chi connectivity index (χ0v) is 9.57. The Kier molecular flexibility index (Phi) is 2.78. The number of alkyl halides is 3. The van der Waals surface area contributed by atoms with Crippen LogP contribution in [0.4, 0.5) is 13.2 Å². The molecule has 1 aliphatic rings. The summed E-state index contributed by atoms with van der Waals surface area (Å²) >= 11 is 5.67. The number of phenols is 1. The largest absolute Gasteiger partial charge is 0.507 e. The highest BCUT2D eigenvalue weighted by atomic mass is 35.5. The fourth-order valence-electron chi connectivity index (χ4n) is 1.95. The van der Waals surface area contributed by atoms with Gasteiger partial charge in [-0.1, -0.05) is 11.6 Å². The predicted molar refractivity (Wildman–Crippen MR) is 58.1 cm³/mol. The average Bonchev–Trinajstić information content (AvgIpc) is 3.00. The van der Waals surface area contributed by atoms with Gasteiger partial charge >= 0.3 is 6.18 Å². The zero-order chi connectivity index (χ0) is 12.8. The fourth-order valence-corrected chi connectivity index (χ4v) is 2.17. The molecule has 0 aromatic heterocycles. The molecule has 0 spiro atoms. The van der Waals surface area contributed by atoms with Crippen molar-refractivity contribution in [2.45, 2.75) is 24.4 Å². The SMILES string of the molecule is NCC1(c2cc(Cl)cc(C(F)(F)F)c2O)CC1. The van der Waals surface area contributed by atoms with Crippen molar-refractivity contribution < 1.29 is 18.3 Å². The standard InChI is InChI=1S/C11H11ClF3NO/c12-6-3-7(10(5-16)1-2-10)9(17)8(4-6)11(13,14)15/h3-4,17H,1-2,5,16H2. The molecule has 2 nitrogen and oxygen atoms in total. The van der Waals surface area contributed by atoms with Crippen LogP contribution in [0.5, 0.6) is 5.75 Å². The van der Waals surface area contributed by atoms with Gasteiger partial charge in [0, 0.05) is 22.5 Å². The summed E-state index contributed by atoms with van der Waals surface area (Å²) in [6.45, 7) is 0.207. The summed E-state index contributed by atoms with van der Waals surface area (Å²) in [5.41, 5.74) is 4.12. The first kappa shape index (κ1) is 12.5. The minimum absolute atomic E-state index is 0.0372. The number of nitrogens with two attached hydrogens (primary N) is 1. The minimum Gasteiger partial charge on any atom is -0.507 e. The molecule has 0 unspecified atom stereocenters. The summed E-state index contributed by atoms with van der Waals surface area (Å²) in [6, 6.07) is 2.10. The molecule has 17 heavy (non-hydrogen) atoms. The molecule has 6 heteroatoms. The van der Waals surface area contributed by atoms with Crippen LogP contribution in [0.1, 0.15) is 24.0 Å². The molecule has 2 rings (SSSR count). The molecule has 0 bridgehead atoms. The summed E-state index contributed by atoms with van der Waals surface area (Å²) in [4.78, 5) is 0. The topological polar surface area (TPSA) is 46.2 Å². The van der Waals surface area contributed by atoms with E-state index in [-0.39, 0.29) is 17.1 Å². The van der Waals surface area contributed by atoms with Crippen molar-refractivity contribution in [3.63, 3.8) is 0 Å². The molecule has 0 heterocycles. The Morgan fingerprint density at radius 2 is 1.94 bits per heavy atom. The molecular formula is C11H11ClF3NO. The lowest BCUT2D eigenvalue weighted by Crippen LogP contribution is -2.21. The van der Waals surface area contributed by atoms with Crippen molar-refractivity contribution in [1.82, 2.24) is 0 Å². The van der Waals surface area contributed by atoms with E-state index in [0.29, 0.717) is 12.8 Å². The number of benzene rings is 1. The third-order valence-electron chi connectivity index (χ3n) is 3.20. The van der Waals surface area contributed by atoms with E-state index in [2.05, 4.69) is 0 Å². The summed E-state index contributed by atoms with van der Waals surface area (Å²) < 4.78 is 38.0. The van der Waals surface area contributed by atoms with Crippen LogP contribution in [-0.4, -0.2) is 11.7 Å². The third kappa shape index (κ3) is 2.09. The summed E-state index contributed by atoms with van der Waals surface area (Å²) in [5, 5.41) is 9.68. The summed E-state index contributed by atoms with van der Waals surface area (Å²) in [7, 11) is 0. The average molecular weight is 266 g/mol. The van der Waals surface area contributed by atoms with Gasteiger partial charge in [0.1, 0.15) is 5.75 Å². The number of aromatic hydroxyl groups is 1. The van der Waals surface area contributed by atoms with Crippen molar-refractivity contribution in [2.24, 2.45) is 5.73 Å². The Hall–Kier alpha value is -0.940. The van der Waals surface area contributed by atoms with E-state index < -0.39 is 22.9 Å². The highest BCUT2D eigenvalue weighted by Gasteiger charge is 2.47. The van der Waals surface area contributed by atoms with E-state index in [4.69, 9.17) is 17.3 Å². The van der Waals surface area contributed by atoms with Crippen molar-refractivity contribution in [3.8, 4) is 5.75 Å². The summed E-state index contributed by atoms with van der Waals surface area (Å²) in [5.74, 6) is -0.746. The van der Waals surface area contributed by atoms with Gasteiger partial charge in [0.05, 0.1) is 5.56 Å². The van der Waals surface area contributed by atoms with E-state index in [1.54, 1.807) is 0 Å². The molecule has 1 aromatic carbocycles.